The lowest BCUT2D eigenvalue weighted by atomic mass is 9.91. The summed E-state index contributed by atoms with van der Waals surface area (Å²) in [7, 11) is 0. The maximum atomic E-state index is 13.9. The van der Waals surface area contributed by atoms with Crippen LogP contribution in [0.1, 0.15) is 37.3 Å². The average Bonchev–Trinajstić information content (AvgIpc) is 2.90. The van der Waals surface area contributed by atoms with Crippen molar-refractivity contribution >= 4 is 5.91 Å². The van der Waals surface area contributed by atoms with Gasteiger partial charge in [0.05, 0.1) is 12.6 Å². The summed E-state index contributed by atoms with van der Waals surface area (Å²) in [6.45, 7) is -0.0579. The lowest BCUT2D eigenvalue weighted by Gasteiger charge is -2.25. The minimum absolute atomic E-state index is 0.0579. The zero-order chi connectivity index (χ0) is 13.0. The fourth-order valence-corrected chi connectivity index (χ4v) is 2.70. The number of halogens is 1. The molecule has 1 unspecified atom stereocenters. The fraction of sp³-hybridized carbons (Fsp3) is 0.500. The Balaban J connectivity index is 2.23. The first-order valence-electron chi connectivity index (χ1n) is 6.46. The molecule has 0 saturated heterocycles. The lowest BCUT2D eigenvalue weighted by Crippen LogP contribution is -2.37. The van der Waals surface area contributed by atoms with E-state index in [0.717, 1.165) is 25.7 Å². The van der Waals surface area contributed by atoms with E-state index < -0.39 is 0 Å². The topological polar surface area (TPSA) is 55.1 Å². The Morgan fingerprint density at radius 3 is 2.67 bits per heavy atom. The molecule has 0 radical (unpaired) electrons. The summed E-state index contributed by atoms with van der Waals surface area (Å²) >= 11 is 0. The smallest absolute Gasteiger partial charge is 0.234 e. The number of carbonyl (C=O) groups excluding carboxylic acids is 1. The first kappa shape index (κ1) is 13.0. The zero-order valence-corrected chi connectivity index (χ0v) is 10.4. The average molecular weight is 250 g/mol. The first-order valence-corrected chi connectivity index (χ1v) is 6.46. The number of nitrogens with two attached hydrogens (primary N) is 1. The van der Waals surface area contributed by atoms with Gasteiger partial charge in [-0.1, -0.05) is 31.0 Å². The Kier molecular flexibility index (Phi) is 4.31. The van der Waals surface area contributed by atoms with Gasteiger partial charge in [0.25, 0.3) is 0 Å². The van der Waals surface area contributed by atoms with E-state index in [0.29, 0.717) is 11.5 Å². The lowest BCUT2D eigenvalue weighted by molar-refractivity contribution is -0.120. The number of nitrogens with one attached hydrogen (secondary N) is 1. The number of hydrogen-bond donors (Lipinski definition) is 2. The van der Waals surface area contributed by atoms with Gasteiger partial charge < -0.3 is 11.1 Å². The minimum Gasteiger partial charge on any atom is -0.348 e. The summed E-state index contributed by atoms with van der Waals surface area (Å²) in [5, 5.41) is 2.86. The van der Waals surface area contributed by atoms with Crippen LogP contribution in [0.5, 0.6) is 0 Å². The molecular weight excluding hydrogens is 231 g/mol. The number of hydrogen-bond acceptors (Lipinski definition) is 2. The third kappa shape index (κ3) is 2.88. The quantitative estimate of drug-likeness (QED) is 0.860. The molecule has 0 heterocycles. The highest BCUT2D eigenvalue weighted by atomic mass is 19.1. The Labute approximate surface area is 107 Å². The second kappa shape index (κ2) is 5.96. The first-order chi connectivity index (χ1) is 8.72. The number of carbonyl (C=O) groups is 1. The van der Waals surface area contributed by atoms with Gasteiger partial charge in [0.2, 0.25) is 5.91 Å². The standard InChI is InChI=1S/C14H19FN2O/c15-12-8-4-3-7-11(12)14(17-13(18)9-16)10-5-1-2-6-10/h3-4,7-8,10,14H,1-2,5-6,9,16H2,(H,17,18). The van der Waals surface area contributed by atoms with E-state index in [1.54, 1.807) is 18.2 Å². The van der Waals surface area contributed by atoms with Crippen molar-refractivity contribution in [1.29, 1.82) is 0 Å². The van der Waals surface area contributed by atoms with Crippen molar-refractivity contribution in [2.75, 3.05) is 6.54 Å². The molecular formula is C14H19FN2O. The molecule has 2 rings (SSSR count). The third-order valence-electron chi connectivity index (χ3n) is 3.61. The Hall–Kier alpha value is -1.42. The van der Waals surface area contributed by atoms with Crippen LogP contribution < -0.4 is 11.1 Å². The molecule has 1 aliphatic carbocycles. The van der Waals surface area contributed by atoms with Gasteiger partial charge in [-0.3, -0.25) is 4.79 Å². The minimum atomic E-state index is -0.258. The molecule has 1 aromatic carbocycles. The summed E-state index contributed by atoms with van der Waals surface area (Å²) in [5.74, 6) is -0.167. The molecule has 1 fully saturated rings. The van der Waals surface area contributed by atoms with Crippen molar-refractivity contribution in [3.8, 4) is 0 Å². The highest BCUT2D eigenvalue weighted by molar-refractivity contribution is 5.78. The van der Waals surface area contributed by atoms with Crippen LogP contribution in [-0.4, -0.2) is 12.5 Å². The molecule has 3 nitrogen and oxygen atoms in total. The van der Waals surface area contributed by atoms with Gasteiger partial charge in [-0.05, 0) is 24.8 Å². The molecule has 3 N–H and O–H groups in total. The molecule has 0 spiro atoms. The van der Waals surface area contributed by atoms with Gasteiger partial charge in [0, 0.05) is 5.56 Å². The summed E-state index contributed by atoms with van der Waals surface area (Å²) in [4.78, 5) is 11.5. The molecule has 0 aliphatic heterocycles. The van der Waals surface area contributed by atoms with E-state index >= 15 is 0 Å². The van der Waals surface area contributed by atoms with Crippen LogP contribution in [0, 0.1) is 11.7 Å². The van der Waals surface area contributed by atoms with Crippen molar-refractivity contribution in [3.63, 3.8) is 0 Å². The van der Waals surface area contributed by atoms with Gasteiger partial charge in [0.15, 0.2) is 0 Å². The second-order valence-electron chi connectivity index (χ2n) is 4.82. The molecule has 98 valence electrons. The van der Waals surface area contributed by atoms with Gasteiger partial charge in [-0.2, -0.15) is 0 Å². The van der Waals surface area contributed by atoms with Crippen LogP contribution in [-0.2, 0) is 4.79 Å². The number of amides is 1. The molecule has 4 heteroatoms. The van der Waals surface area contributed by atoms with E-state index in [2.05, 4.69) is 5.32 Å². The van der Waals surface area contributed by atoms with Crippen LogP contribution >= 0.6 is 0 Å². The molecule has 0 bridgehead atoms. The van der Waals surface area contributed by atoms with Crippen LogP contribution in [0.25, 0.3) is 0 Å². The maximum Gasteiger partial charge on any atom is 0.234 e. The number of rotatable bonds is 4. The van der Waals surface area contributed by atoms with E-state index in [-0.39, 0.29) is 24.3 Å². The summed E-state index contributed by atoms with van der Waals surface area (Å²) < 4.78 is 13.9. The fourth-order valence-electron chi connectivity index (χ4n) is 2.70. The van der Waals surface area contributed by atoms with E-state index in [9.17, 15) is 9.18 Å². The van der Waals surface area contributed by atoms with Gasteiger partial charge >= 0.3 is 0 Å². The van der Waals surface area contributed by atoms with Gasteiger partial charge in [-0.25, -0.2) is 4.39 Å². The molecule has 1 amide bonds. The predicted octanol–water partition coefficient (Wildman–Crippen LogP) is 2.13. The zero-order valence-electron chi connectivity index (χ0n) is 10.4. The summed E-state index contributed by atoms with van der Waals surface area (Å²) in [5.41, 5.74) is 5.90. The Bertz CT molecular complexity index is 416. The predicted molar refractivity (Wildman–Crippen MR) is 68.3 cm³/mol. The Morgan fingerprint density at radius 1 is 1.39 bits per heavy atom. The Morgan fingerprint density at radius 2 is 2.06 bits per heavy atom. The molecule has 1 saturated carbocycles. The molecule has 1 atom stereocenters. The molecule has 1 aromatic rings. The van der Waals surface area contributed by atoms with Crippen molar-refractivity contribution in [2.45, 2.75) is 31.7 Å². The van der Waals surface area contributed by atoms with Gasteiger partial charge in [0.1, 0.15) is 5.82 Å². The molecule has 18 heavy (non-hydrogen) atoms. The summed E-state index contributed by atoms with van der Waals surface area (Å²) in [6, 6.07) is 6.40. The largest absolute Gasteiger partial charge is 0.348 e. The second-order valence-corrected chi connectivity index (χ2v) is 4.82. The van der Waals surface area contributed by atoms with Crippen LogP contribution in [0.15, 0.2) is 24.3 Å². The van der Waals surface area contributed by atoms with Crippen molar-refractivity contribution in [3.05, 3.63) is 35.6 Å². The monoisotopic (exact) mass is 250 g/mol. The van der Waals surface area contributed by atoms with Crippen LogP contribution in [0.4, 0.5) is 4.39 Å². The third-order valence-corrected chi connectivity index (χ3v) is 3.61. The van der Waals surface area contributed by atoms with E-state index in [4.69, 9.17) is 5.73 Å². The summed E-state index contributed by atoms with van der Waals surface area (Å²) in [6.07, 6.45) is 4.36. The molecule has 0 aromatic heterocycles. The highest BCUT2D eigenvalue weighted by Gasteiger charge is 2.29. The van der Waals surface area contributed by atoms with Gasteiger partial charge in [-0.15, -0.1) is 0 Å². The number of benzene rings is 1. The SMILES string of the molecule is NCC(=O)NC(c1ccccc1F)C1CCCC1. The normalized spacial score (nSPS) is 17.7. The van der Waals surface area contributed by atoms with Crippen molar-refractivity contribution < 1.29 is 9.18 Å². The van der Waals surface area contributed by atoms with Crippen LogP contribution in [0.2, 0.25) is 0 Å². The van der Waals surface area contributed by atoms with E-state index in [1.165, 1.54) is 6.07 Å². The van der Waals surface area contributed by atoms with Crippen molar-refractivity contribution in [1.82, 2.24) is 5.32 Å². The van der Waals surface area contributed by atoms with Crippen molar-refractivity contribution in [2.24, 2.45) is 11.7 Å². The molecule has 1 aliphatic rings. The maximum absolute atomic E-state index is 13.9. The highest BCUT2D eigenvalue weighted by Crippen LogP contribution is 2.36. The van der Waals surface area contributed by atoms with E-state index in [1.807, 2.05) is 0 Å². The van der Waals surface area contributed by atoms with Crippen LogP contribution in [0.3, 0.4) is 0 Å².